The molecule has 3 aliphatic heterocycles. The molecule has 5 nitrogen and oxygen atoms in total. The minimum absolute atomic E-state index is 0.224. The summed E-state index contributed by atoms with van der Waals surface area (Å²) in [5, 5.41) is 0. The number of piperidine rings is 2. The van der Waals surface area contributed by atoms with Crippen LogP contribution in [0.1, 0.15) is 38.2 Å². The van der Waals surface area contributed by atoms with Gasteiger partial charge < -0.3 is 14.4 Å². The normalized spacial score (nSPS) is 22.4. The van der Waals surface area contributed by atoms with Crippen LogP contribution in [0.15, 0.2) is 18.2 Å². The molecule has 1 amide bonds. The van der Waals surface area contributed by atoms with Gasteiger partial charge in [-0.3, -0.25) is 9.69 Å². The van der Waals surface area contributed by atoms with E-state index in [4.69, 9.17) is 9.47 Å². The summed E-state index contributed by atoms with van der Waals surface area (Å²) in [5.41, 5.74) is 1.25. The number of amides is 1. The zero-order valence-corrected chi connectivity index (χ0v) is 15.1. The van der Waals surface area contributed by atoms with Crippen LogP contribution in [0.3, 0.4) is 0 Å². The Morgan fingerprint density at radius 1 is 1.04 bits per heavy atom. The maximum atomic E-state index is 12.7. The fourth-order valence-electron chi connectivity index (χ4n) is 4.12. The van der Waals surface area contributed by atoms with Gasteiger partial charge in [0, 0.05) is 25.6 Å². The van der Waals surface area contributed by atoms with Crippen molar-refractivity contribution in [3.05, 3.63) is 23.8 Å². The molecule has 1 aromatic carbocycles. The first-order valence-electron chi connectivity index (χ1n) is 9.59. The molecule has 0 aliphatic carbocycles. The summed E-state index contributed by atoms with van der Waals surface area (Å²) in [5.74, 6) is 3.08. The van der Waals surface area contributed by atoms with Gasteiger partial charge in [-0.25, -0.2) is 0 Å². The largest absolute Gasteiger partial charge is 0.454 e. The number of fused-ring (bicyclic) bond motifs is 1. The Labute approximate surface area is 149 Å². The fraction of sp³-hybridized carbons (Fsp3) is 0.650. The number of carbonyl (C=O) groups is 1. The number of carbonyl (C=O) groups excluding carboxylic acids is 1. The van der Waals surface area contributed by atoms with Gasteiger partial charge in [-0.05, 0) is 62.4 Å². The van der Waals surface area contributed by atoms with E-state index in [2.05, 4.69) is 28.9 Å². The van der Waals surface area contributed by atoms with Crippen molar-refractivity contribution in [1.29, 1.82) is 0 Å². The molecule has 5 heteroatoms. The average molecular weight is 344 g/mol. The molecule has 3 aliphatic rings. The smallest absolute Gasteiger partial charge is 0.231 e. The van der Waals surface area contributed by atoms with Crippen molar-refractivity contribution in [3.63, 3.8) is 0 Å². The lowest BCUT2D eigenvalue weighted by Crippen LogP contribution is -2.45. The Bertz CT molecular complexity index is 617. The summed E-state index contributed by atoms with van der Waals surface area (Å²) in [6.45, 7) is 7.43. The lowest BCUT2D eigenvalue weighted by Gasteiger charge is -2.36. The van der Waals surface area contributed by atoms with Crippen LogP contribution in [0.5, 0.6) is 11.5 Å². The lowest BCUT2D eigenvalue weighted by atomic mass is 9.92. The van der Waals surface area contributed by atoms with Gasteiger partial charge in [0.05, 0.1) is 0 Å². The minimum atomic E-state index is 0.224. The van der Waals surface area contributed by atoms with E-state index in [-0.39, 0.29) is 5.92 Å². The molecule has 25 heavy (non-hydrogen) atoms. The number of ether oxygens (including phenoxy) is 2. The van der Waals surface area contributed by atoms with Gasteiger partial charge in [0.15, 0.2) is 11.5 Å². The summed E-state index contributed by atoms with van der Waals surface area (Å²) < 4.78 is 10.8. The highest BCUT2D eigenvalue weighted by atomic mass is 16.7. The van der Waals surface area contributed by atoms with E-state index in [0.29, 0.717) is 12.7 Å². The third-order valence-corrected chi connectivity index (χ3v) is 5.88. The van der Waals surface area contributed by atoms with E-state index in [1.165, 1.54) is 5.56 Å². The first-order valence-corrected chi connectivity index (χ1v) is 9.59. The highest BCUT2D eigenvalue weighted by Gasteiger charge is 2.30. The van der Waals surface area contributed by atoms with Crippen LogP contribution < -0.4 is 9.47 Å². The molecule has 2 saturated heterocycles. The predicted molar refractivity (Wildman–Crippen MR) is 95.5 cm³/mol. The molecule has 1 aromatic rings. The number of benzene rings is 1. The van der Waals surface area contributed by atoms with Crippen LogP contribution in [0.25, 0.3) is 0 Å². The van der Waals surface area contributed by atoms with Crippen molar-refractivity contribution in [2.45, 2.75) is 39.2 Å². The Morgan fingerprint density at radius 3 is 2.52 bits per heavy atom. The van der Waals surface area contributed by atoms with Crippen molar-refractivity contribution in [3.8, 4) is 11.5 Å². The highest BCUT2D eigenvalue weighted by Crippen LogP contribution is 2.33. The fourth-order valence-corrected chi connectivity index (χ4v) is 4.12. The van der Waals surface area contributed by atoms with E-state index in [1.807, 2.05) is 6.07 Å². The minimum Gasteiger partial charge on any atom is -0.454 e. The standard InChI is InChI=1S/C20H28N2O3/c1-15-4-10-22(11-5-15)20(23)17-6-8-21(9-7-17)13-16-2-3-18-19(12-16)25-14-24-18/h2-3,12,15,17H,4-11,13-14H2,1H3. The Kier molecular flexibility index (Phi) is 4.84. The van der Waals surface area contributed by atoms with Crippen LogP contribution >= 0.6 is 0 Å². The van der Waals surface area contributed by atoms with E-state index < -0.39 is 0 Å². The van der Waals surface area contributed by atoms with Crippen molar-refractivity contribution in [1.82, 2.24) is 9.80 Å². The predicted octanol–water partition coefficient (Wildman–Crippen LogP) is 2.89. The molecule has 0 spiro atoms. The van der Waals surface area contributed by atoms with Crippen molar-refractivity contribution >= 4 is 5.91 Å². The Hall–Kier alpha value is -1.75. The second-order valence-electron chi connectivity index (χ2n) is 7.75. The summed E-state index contributed by atoms with van der Waals surface area (Å²) in [4.78, 5) is 17.3. The molecule has 0 radical (unpaired) electrons. The number of likely N-dealkylation sites (tertiary alicyclic amines) is 2. The topological polar surface area (TPSA) is 42.0 Å². The summed E-state index contributed by atoms with van der Waals surface area (Å²) >= 11 is 0. The monoisotopic (exact) mass is 344 g/mol. The third kappa shape index (κ3) is 3.76. The number of hydrogen-bond donors (Lipinski definition) is 0. The summed E-state index contributed by atoms with van der Waals surface area (Å²) in [6, 6.07) is 6.18. The van der Waals surface area contributed by atoms with E-state index in [1.54, 1.807) is 0 Å². The zero-order chi connectivity index (χ0) is 17.2. The molecule has 0 aromatic heterocycles. The van der Waals surface area contributed by atoms with Gasteiger partial charge in [-0.1, -0.05) is 13.0 Å². The zero-order valence-electron chi connectivity index (χ0n) is 15.1. The van der Waals surface area contributed by atoms with Crippen LogP contribution in [0, 0.1) is 11.8 Å². The molecule has 3 heterocycles. The Balaban J connectivity index is 1.27. The van der Waals surface area contributed by atoms with Crippen molar-refractivity contribution < 1.29 is 14.3 Å². The molecule has 0 atom stereocenters. The van der Waals surface area contributed by atoms with Crippen LogP contribution in [-0.2, 0) is 11.3 Å². The van der Waals surface area contributed by atoms with Gasteiger partial charge in [-0.15, -0.1) is 0 Å². The maximum Gasteiger partial charge on any atom is 0.231 e. The third-order valence-electron chi connectivity index (χ3n) is 5.88. The molecule has 0 N–H and O–H groups in total. The van der Waals surface area contributed by atoms with E-state index in [9.17, 15) is 4.79 Å². The van der Waals surface area contributed by atoms with Crippen LogP contribution in [0.4, 0.5) is 0 Å². The van der Waals surface area contributed by atoms with E-state index in [0.717, 1.165) is 75.8 Å². The first kappa shape index (κ1) is 16.7. The van der Waals surface area contributed by atoms with Crippen LogP contribution in [0.2, 0.25) is 0 Å². The Morgan fingerprint density at radius 2 is 1.76 bits per heavy atom. The quantitative estimate of drug-likeness (QED) is 0.846. The molecule has 4 rings (SSSR count). The molecule has 0 bridgehead atoms. The second-order valence-corrected chi connectivity index (χ2v) is 7.75. The number of nitrogens with zero attached hydrogens (tertiary/aromatic N) is 2. The van der Waals surface area contributed by atoms with Gasteiger partial charge in [0.1, 0.15) is 0 Å². The highest BCUT2D eigenvalue weighted by molar-refractivity contribution is 5.79. The molecular formula is C20H28N2O3. The lowest BCUT2D eigenvalue weighted by molar-refractivity contribution is -0.138. The number of hydrogen-bond acceptors (Lipinski definition) is 4. The van der Waals surface area contributed by atoms with Gasteiger partial charge >= 0.3 is 0 Å². The molecule has 0 unspecified atom stereocenters. The second kappa shape index (κ2) is 7.24. The average Bonchev–Trinajstić information content (AvgIpc) is 3.10. The van der Waals surface area contributed by atoms with Gasteiger partial charge in [0.25, 0.3) is 0 Å². The molecule has 0 saturated carbocycles. The maximum absolute atomic E-state index is 12.7. The van der Waals surface area contributed by atoms with Crippen LogP contribution in [-0.4, -0.2) is 48.7 Å². The molecular weight excluding hydrogens is 316 g/mol. The first-order chi connectivity index (χ1) is 12.2. The summed E-state index contributed by atoms with van der Waals surface area (Å²) in [7, 11) is 0. The SMILES string of the molecule is CC1CCN(C(=O)C2CCN(Cc3ccc4c(c3)OCO4)CC2)CC1. The van der Waals surface area contributed by atoms with Gasteiger partial charge in [0.2, 0.25) is 12.7 Å². The molecule has 2 fully saturated rings. The van der Waals surface area contributed by atoms with E-state index >= 15 is 0 Å². The molecule has 136 valence electrons. The summed E-state index contributed by atoms with van der Waals surface area (Å²) in [6.07, 6.45) is 4.29. The number of rotatable bonds is 3. The van der Waals surface area contributed by atoms with Crippen molar-refractivity contribution in [2.24, 2.45) is 11.8 Å². The van der Waals surface area contributed by atoms with Crippen molar-refractivity contribution in [2.75, 3.05) is 33.0 Å². The van der Waals surface area contributed by atoms with Gasteiger partial charge in [-0.2, -0.15) is 0 Å².